The van der Waals surface area contributed by atoms with Gasteiger partial charge in [0.25, 0.3) is 5.91 Å². The summed E-state index contributed by atoms with van der Waals surface area (Å²) in [6, 6.07) is 9.57. The van der Waals surface area contributed by atoms with Gasteiger partial charge in [-0.15, -0.1) is 0 Å². The summed E-state index contributed by atoms with van der Waals surface area (Å²) in [5, 5.41) is 1.95. The maximum absolute atomic E-state index is 13.2. The Balaban J connectivity index is 1.72. The monoisotopic (exact) mass is 418 g/mol. The average Bonchev–Trinajstić information content (AvgIpc) is 2.75. The summed E-state index contributed by atoms with van der Waals surface area (Å²) in [6.45, 7) is 3.65. The van der Waals surface area contributed by atoms with Crippen LogP contribution >= 0.6 is 0 Å². The highest BCUT2D eigenvalue weighted by Gasteiger charge is 2.32. The Bertz CT molecular complexity index is 940. The van der Waals surface area contributed by atoms with Crippen molar-refractivity contribution in [2.45, 2.75) is 38.6 Å². The van der Waals surface area contributed by atoms with Crippen LogP contribution in [0.5, 0.6) is 0 Å². The smallest absolute Gasteiger partial charge is 0.272 e. The second kappa shape index (κ2) is 9.65. The van der Waals surface area contributed by atoms with Crippen molar-refractivity contribution in [1.82, 2.24) is 14.2 Å². The first-order valence-electron chi connectivity index (χ1n) is 10.3. The number of fused-ring (bicyclic) bond motifs is 1. The van der Waals surface area contributed by atoms with Crippen LogP contribution in [0.4, 0.5) is 0 Å². The molecule has 0 aliphatic carbocycles. The summed E-state index contributed by atoms with van der Waals surface area (Å²) >= 11 is 0. The highest BCUT2D eigenvalue weighted by molar-refractivity contribution is 7.89. The number of hydrogen-bond acceptors (Lipinski definition) is 5. The second-order valence-corrected chi connectivity index (χ2v) is 9.59. The molecule has 0 saturated carbocycles. The van der Waals surface area contributed by atoms with E-state index in [1.54, 1.807) is 15.4 Å². The molecule has 1 aromatic heterocycles. The number of nitrogens with two attached hydrogens (primary N) is 1. The van der Waals surface area contributed by atoms with Crippen LogP contribution < -0.4 is 5.73 Å². The predicted molar refractivity (Wildman–Crippen MR) is 115 cm³/mol. The Morgan fingerprint density at radius 2 is 1.93 bits per heavy atom. The lowest BCUT2D eigenvalue weighted by Gasteiger charge is -2.37. The van der Waals surface area contributed by atoms with Crippen molar-refractivity contribution in [1.29, 1.82) is 0 Å². The van der Waals surface area contributed by atoms with Crippen molar-refractivity contribution in [2.24, 2.45) is 5.73 Å². The standard InChI is InChI=1S/C21H30N4O3S/c1-2-3-14-29(27,28)24-11-8-19(9-12-24)25(13-10-22)21(26)20-15-17-6-4-5-7-18(17)16-23-20/h4-7,15-16,19H,2-3,8-14,22H2,1H3. The molecule has 1 aliphatic rings. The third-order valence-corrected chi connectivity index (χ3v) is 7.45. The number of piperidine rings is 1. The third kappa shape index (κ3) is 5.12. The Kier molecular flexibility index (Phi) is 7.21. The van der Waals surface area contributed by atoms with Gasteiger partial charge < -0.3 is 10.6 Å². The van der Waals surface area contributed by atoms with Crippen molar-refractivity contribution in [3.63, 3.8) is 0 Å². The first-order valence-corrected chi connectivity index (χ1v) is 11.9. The second-order valence-electron chi connectivity index (χ2n) is 7.50. The molecule has 1 fully saturated rings. The van der Waals surface area contributed by atoms with E-state index in [0.717, 1.165) is 17.2 Å². The lowest BCUT2D eigenvalue weighted by Crippen LogP contribution is -2.50. The number of pyridine rings is 1. The molecule has 1 saturated heterocycles. The maximum Gasteiger partial charge on any atom is 0.272 e. The lowest BCUT2D eigenvalue weighted by atomic mass is 10.0. The van der Waals surface area contributed by atoms with Crippen LogP contribution in [0.3, 0.4) is 0 Å². The van der Waals surface area contributed by atoms with Gasteiger partial charge in [0, 0.05) is 43.8 Å². The van der Waals surface area contributed by atoms with Gasteiger partial charge in [-0.25, -0.2) is 12.7 Å². The summed E-state index contributed by atoms with van der Waals surface area (Å²) in [7, 11) is -3.21. The zero-order chi connectivity index (χ0) is 20.9. The molecule has 8 heteroatoms. The van der Waals surface area contributed by atoms with E-state index in [-0.39, 0.29) is 17.7 Å². The number of amides is 1. The minimum atomic E-state index is -3.21. The number of nitrogens with zero attached hydrogens (tertiary/aromatic N) is 3. The molecule has 29 heavy (non-hydrogen) atoms. The molecular formula is C21H30N4O3S. The van der Waals surface area contributed by atoms with E-state index in [1.807, 2.05) is 37.3 Å². The number of benzene rings is 1. The number of sulfonamides is 1. The van der Waals surface area contributed by atoms with E-state index in [4.69, 9.17) is 5.73 Å². The summed E-state index contributed by atoms with van der Waals surface area (Å²) in [6.07, 6.45) is 4.47. The van der Waals surface area contributed by atoms with Crippen LogP contribution in [0.2, 0.25) is 0 Å². The largest absolute Gasteiger partial charge is 0.333 e. The SMILES string of the molecule is CCCCS(=O)(=O)N1CCC(N(CCN)C(=O)c2cc3ccccc3cn2)CC1. The summed E-state index contributed by atoms with van der Waals surface area (Å²) in [5.41, 5.74) is 6.17. The van der Waals surface area contributed by atoms with E-state index in [9.17, 15) is 13.2 Å². The molecule has 2 heterocycles. The summed E-state index contributed by atoms with van der Waals surface area (Å²) < 4.78 is 26.5. The van der Waals surface area contributed by atoms with Gasteiger partial charge in [-0.05, 0) is 30.7 Å². The molecule has 2 aromatic rings. The van der Waals surface area contributed by atoms with Gasteiger partial charge in [-0.2, -0.15) is 0 Å². The molecule has 0 unspecified atom stereocenters. The quantitative estimate of drug-likeness (QED) is 0.709. The third-order valence-electron chi connectivity index (χ3n) is 5.49. The highest BCUT2D eigenvalue weighted by atomic mass is 32.2. The minimum absolute atomic E-state index is 0.0306. The van der Waals surface area contributed by atoms with Gasteiger partial charge in [0.05, 0.1) is 5.75 Å². The summed E-state index contributed by atoms with van der Waals surface area (Å²) in [5.74, 6) is 0.0501. The number of unbranched alkanes of at least 4 members (excludes halogenated alkanes) is 1. The fraction of sp³-hybridized carbons (Fsp3) is 0.524. The molecule has 0 atom stereocenters. The van der Waals surface area contributed by atoms with E-state index in [0.29, 0.717) is 51.1 Å². The zero-order valence-electron chi connectivity index (χ0n) is 17.0. The van der Waals surface area contributed by atoms with Gasteiger partial charge >= 0.3 is 0 Å². The molecule has 0 radical (unpaired) electrons. The van der Waals surface area contributed by atoms with Crippen LogP contribution in [0.1, 0.15) is 43.1 Å². The molecule has 158 valence electrons. The zero-order valence-corrected chi connectivity index (χ0v) is 17.8. The molecular weight excluding hydrogens is 388 g/mol. The fourth-order valence-electron chi connectivity index (χ4n) is 3.82. The molecule has 1 aliphatic heterocycles. The average molecular weight is 419 g/mol. The Morgan fingerprint density at radius 3 is 2.59 bits per heavy atom. The molecule has 0 bridgehead atoms. The molecule has 1 amide bonds. The van der Waals surface area contributed by atoms with Crippen molar-refractivity contribution in [3.8, 4) is 0 Å². The summed E-state index contributed by atoms with van der Waals surface area (Å²) in [4.78, 5) is 19.3. The van der Waals surface area contributed by atoms with Crippen LogP contribution in [0, 0.1) is 0 Å². The van der Waals surface area contributed by atoms with Crippen LogP contribution in [0.25, 0.3) is 10.8 Å². The normalized spacial score (nSPS) is 16.2. The maximum atomic E-state index is 13.2. The molecule has 0 spiro atoms. The molecule has 7 nitrogen and oxygen atoms in total. The van der Waals surface area contributed by atoms with E-state index in [1.165, 1.54) is 0 Å². The number of hydrogen-bond donors (Lipinski definition) is 1. The van der Waals surface area contributed by atoms with Gasteiger partial charge in [0.1, 0.15) is 5.69 Å². The molecule has 1 aromatic carbocycles. The minimum Gasteiger partial charge on any atom is -0.333 e. The van der Waals surface area contributed by atoms with E-state index < -0.39 is 10.0 Å². The number of aromatic nitrogens is 1. The van der Waals surface area contributed by atoms with Gasteiger partial charge in [0.2, 0.25) is 10.0 Å². The number of carbonyl (C=O) groups is 1. The predicted octanol–water partition coefficient (Wildman–Crippen LogP) is 2.23. The van der Waals surface area contributed by atoms with Gasteiger partial charge in [0.15, 0.2) is 0 Å². The first kappa shape index (κ1) is 21.7. The van der Waals surface area contributed by atoms with E-state index in [2.05, 4.69) is 4.98 Å². The van der Waals surface area contributed by atoms with Crippen molar-refractivity contribution in [3.05, 3.63) is 42.2 Å². The highest BCUT2D eigenvalue weighted by Crippen LogP contribution is 2.22. The topological polar surface area (TPSA) is 96.6 Å². The molecule has 3 rings (SSSR count). The van der Waals surface area contributed by atoms with Gasteiger partial charge in [-0.3, -0.25) is 9.78 Å². The Labute approximate surface area is 172 Å². The number of carbonyl (C=O) groups excluding carboxylic acids is 1. The first-order chi connectivity index (χ1) is 14.0. The lowest BCUT2D eigenvalue weighted by molar-refractivity contribution is 0.0619. The fourth-order valence-corrected chi connectivity index (χ4v) is 5.50. The Morgan fingerprint density at radius 1 is 1.24 bits per heavy atom. The number of rotatable bonds is 8. The molecule has 2 N–H and O–H groups in total. The van der Waals surface area contributed by atoms with Gasteiger partial charge in [-0.1, -0.05) is 37.6 Å². The van der Waals surface area contributed by atoms with Crippen LogP contribution in [-0.2, 0) is 10.0 Å². The van der Waals surface area contributed by atoms with Crippen molar-refractivity contribution in [2.75, 3.05) is 31.9 Å². The van der Waals surface area contributed by atoms with Crippen molar-refractivity contribution < 1.29 is 13.2 Å². The van der Waals surface area contributed by atoms with Crippen molar-refractivity contribution >= 4 is 26.7 Å². The van der Waals surface area contributed by atoms with Crippen LogP contribution in [0.15, 0.2) is 36.5 Å². The van der Waals surface area contributed by atoms with E-state index >= 15 is 0 Å². The Hall–Kier alpha value is -2.03. The van der Waals surface area contributed by atoms with Crippen LogP contribution in [-0.4, -0.2) is 66.5 Å².